The van der Waals surface area contributed by atoms with Gasteiger partial charge in [0, 0.05) is 46.1 Å². The Bertz CT molecular complexity index is 547. The second-order valence-corrected chi connectivity index (χ2v) is 6.96. The van der Waals surface area contributed by atoms with Crippen LogP contribution >= 0.6 is 0 Å². The predicted molar refractivity (Wildman–Crippen MR) is 98.8 cm³/mol. The van der Waals surface area contributed by atoms with Gasteiger partial charge in [-0.25, -0.2) is 4.98 Å². The molecule has 1 saturated carbocycles. The van der Waals surface area contributed by atoms with Crippen molar-refractivity contribution in [2.75, 3.05) is 40.5 Å². The molecule has 138 valence electrons. The van der Waals surface area contributed by atoms with E-state index in [1.54, 1.807) is 7.11 Å². The van der Waals surface area contributed by atoms with Crippen LogP contribution in [0.1, 0.15) is 31.2 Å². The lowest BCUT2D eigenvalue weighted by atomic mass is 9.82. The fourth-order valence-electron chi connectivity index (χ4n) is 3.92. The highest BCUT2D eigenvalue weighted by molar-refractivity contribution is 5.80. The van der Waals surface area contributed by atoms with E-state index in [0.717, 1.165) is 43.0 Å². The van der Waals surface area contributed by atoms with Crippen LogP contribution in [0.4, 0.5) is 0 Å². The molecule has 1 aromatic rings. The van der Waals surface area contributed by atoms with Gasteiger partial charge in [0.25, 0.3) is 0 Å². The van der Waals surface area contributed by atoms with Crippen molar-refractivity contribution in [1.29, 1.82) is 0 Å². The van der Waals surface area contributed by atoms with E-state index in [0.29, 0.717) is 19.1 Å². The molecule has 2 heterocycles. The first-order chi connectivity index (χ1) is 12.3. The summed E-state index contributed by atoms with van der Waals surface area (Å²) in [6.45, 7) is 4.11. The lowest BCUT2D eigenvalue weighted by molar-refractivity contribution is 0.143. The van der Waals surface area contributed by atoms with Gasteiger partial charge in [0.1, 0.15) is 6.61 Å². The SMILES string of the molecule is CN=C(NCc1ccc(OCCOC)nc1)N1CC2CCCCC2C1. The van der Waals surface area contributed by atoms with Gasteiger partial charge in [-0.15, -0.1) is 0 Å². The van der Waals surface area contributed by atoms with Crippen LogP contribution in [0.3, 0.4) is 0 Å². The molecule has 2 aliphatic rings. The summed E-state index contributed by atoms with van der Waals surface area (Å²) in [6.07, 6.45) is 7.41. The summed E-state index contributed by atoms with van der Waals surface area (Å²) in [5.41, 5.74) is 1.12. The lowest BCUT2D eigenvalue weighted by Crippen LogP contribution is -2.39. The lowest BCUT2D eigenvalue weighted by Gasteiger charge is -2.22. The molecule has 1 aromatic heterocycles. The zero-order chi connectivity index (χ0) is 17.5. The summed E-state index contributed by atoms with van der Waals surface area (Å²) >= 11 is 0. The number of nitrogens with one attached hydrogen (secondary N) is 1. The van der Waals surface area contributed by atoms with Gasteiger partial charge in [0.15, 0.2) is 5.96 Å². The molecule has 2 unspecified atom stereocenters. The van der Waals surface area contributed by atoms with Crippen LogP contribution in [-0.4, -0.2) is 56.3 Å². The number of ether oxygens (including phenoxy) is 2. The largest absolute Gasteiger partial charge is 0.475 e. The molecule has 1 aliphatic carbocycles. The molecule has 0 bridgehead atoms. The van der Waals surface area contributed by atoms with Gasteiger partial charge in [0.2, 0.25) is 5.88 Å². The molecular weight excluding hydrogens is 316 g/mol. The van der Waals surface area contributed by atoms with E-state index in [1.807, 2.05) is 25.4 Å². The number of likely N-dealkylation sites (tertiary alicyclic amines) is 1. The Morgan fingerprint density at radius 1 is 1.24 bits per heavy atom. The monoisotopic (exact) mass is 346 g/mol. The van der Waals surface area contributed by atoms with E-state index in [-0.39, 0.29) is 0 Å². The molecule has 25 heavy (non-hydrogen) atoms. The maximum Gasteiger partial charge on any atom is 0.213 e. The normalized spacial score (nSPS) is 23.4. The van der Waals surface area contributed by atoms with Gasteiger partial charge in [-0.1, -0.05) is 18.9 Å². The first-order valence-electron chi connectivity index (χ1n) is 9.32. The van der Waals surface area contributed by atoms with E-state index in [2.05, 4.69) is 20.2 Å². The average Bonchev–Trinajstić information content (AvgIpc) is 3.07. The average molecular weight is 346 g/mol. The Balaban J connectivity index is 1.48. The topological polar surface area (TPSA) is 59.0 Å². The highest BCUT2D eigenvalue weighted by atomic mass is 16.5. The Kier molecular flexibility index (Phi) is 6.50. The first-order valence-corrected chi connectivity index (χ1v) is 9.32. The van der Waals surface area contributed by atoms with Crippen LogP contribution in [0, 0.1) is 11.8 Å². The van der Waals surface area contributed by atoms with E-state index in [1.165, 1.54) is 25.7 Å². The number of hydrogen-bond acceptors (Lipinski definition) is 4. The van der Waals surface area contributed by atoms with Crippen LogP contribution in [0.5, 0.6) is 5.88 Å². The molecule has 1 N–H and O–H groups in total. The fourth-order valence-corrected chi connectivity index (χ4v) is 3.92. The van der Waals surface area contributed by atoms with Crippen LogP contribution in [0.25, 0.3) is 0 Å². The van der Waals surface area contributed by atoms with Crippen LogP contribution in [-0.2, 0) is 11.3 Å². The van der Waals surface area contributed by atoms with Crippen molar-refractivity contribution in [3.8, 4) is 5.88 Å². The summed E-state index contributed by atoms with van der Waals surface area (Å²) < 4.78 is 10.5. The second kappa shape index (κ2) is 9.04. The quantitative estimate of drug-likeness (QED) is 0.487. The van der Waals surface area contributed by atoms with Crippen molar-refractivity contribution in [3.63, 3.8) is 0 Å². The van der Waals surface area contributed by atoms with Crippen molar-refractivity contribution < 1.29 is 9.47 Å². The number of rotatable bonds is 6. The zero-order valence-corrected chi connectivity index (χ0v) is 15.4. The first kappa shape index (κ1) is 18.0. The van der Waals surface area contributed by atoms with Crippen molar-refractivity contribution in [2.24, 2.45) is 16.8 Å². The third kappa shape index (κ3) is 4.84. The van der Waals surface area contributed by atoms with Crippen molar-refractivity contribution >= 4 is 5.96 Å². The van der Waals surface area contributed by atoms with Crippen LogP contribution in [0.2, 0.25) is 0 Å². The molecule has 0 amide bonds. The van der Waals surface area contributed by atoms with E-state index < -0.39 is 0 Å². The molecule has 6 heteroatoms. The molecule has 0 spiro atoms. The third-order valence-corrected chi connectivity index (χ3v) is 5.27. The summed E-state index contributed by atoms with van der Waals surface area (Å²) in [4.78, 5) is 11.2. The molecule has 1 aliphatic heterocycles. The molecule has 0 radical (unpaired) electrons. The number of nitrogens with zero attached hydrogens (tertiary/aromatic N) is 3. The van der Waals surface area contributed by atoms with Crippen molar-refractivity contribution in [1.82, 2.24) is 15.2 Å². The summed E-state index contributed by atoms with van der Waals surface area (Å²) in [5.74, 6) is 3.36. The Morgan fingerprint density at radius 3 is 2.60 bits per heavy atom. The number of hydrogen-bond donors (Lipinski definition) is 1. The van der Waals surface area contributed by atoms with E-state index >= 15 is 0 Å². The van der Waals surface area contributed by atoms with Gasteiger partial charge in [-0.2, -0.15) is 0 Å². The van der Waals surface area contributed by atoms with Crippen molar-refractivity contribution in [3.05, 3.63) is 23.9 Å². The molecule has 1 saturated heterocycles. The second-order valence-electron chi connectivity index (χ2n) is 6.96. The van der Waals surface area contributed by atoms with Gasteiger partial charge in [-0.05, 0) is 30.2 Å². The molecule has 2 atom stereocenters. The Labute approximate surface area is 150 Å². The summed E-state index contributed by atoms with van der Waals surface area (Å²) in [5, 5.41) is 3.48. The number of guanidine groups is 1. The molecular formula is C19H30N4O2. The maximum absolute atomic E-state index is 5.50. The van der Waals surface area contributed by atoms with Gasteiger partial charge in [0.05, 0.1) is 6.61 Å². The van der Waals surface area contributed by atoms with E-state index in [9.17, 15) is 0 Å². The highest BCUT2D eigenvalue weighted by Gasteiger charge is 2.35. The summed E-state index contributed by atoms with van der Waals surface area (Å²) in [7, 11) is 3.53. The van der Waals surface area contributed by atoms with Crippen LogP contribution in [0.15, 0.2) is 23.3 Å². The minimum absolute atomic E-state index is 0.519. The Morgan fingerprint density at radius 2 is 2.00 bits per heavy atom. The maximum atomic E-state index is 5.50. The number of aliphatic imine (C=N–C) groups is 1. The number of fused-ring (bicyclic) bond motifs is 1. The Hall–Kier alpha value is -1.82. The molecule has 6 nitrogen and oxygen atoms in total. The molecule has 0 aromatic carbocycles. The number of methoxy groups -OCH3 is 1. The van der Waals surface area contributed by atoms with Gasteiger partial charge in [-0.3, -0.25) is 4.99 Å². The van der Waals surface area contributed by atoms with Crippen LogP contribution < -0.4 is 10.1 Å². The fraction of sp³-hybridized carbons (Fsp3) is 0.684. The van der Waals surface area contributed by atoms with Gasteiger partial charge >= 0.3 is 0 Å². The smallest absolute Gasteiger partial charge is 0.213 e. The minimum atomic E-state index is 0.519. The molecule has 2 fully saturated rings. The van der Waals surface area contributed by atoms with Gasteiger partial charge < -0.3 is 19.7 Å². The third-order valence-electron chi connectivity index (χ3n) is 5.27. The minimum Gasteiger partial charge on any atom is -0.475 e. The zero-order valence-electron chi connectivity index (χ0n) is 15.4. The number of pyridine rings is 1. The van der Waals surface area contributed by atoms with E-state index in [4.69, 9.17) is 9.47 Å². The predicted octanol–water partition coefficient (Wildman–Crippen LogP) is 2.30. The highest BCUT2D eigenvalue weighted by Crippen LogP contribution is 2.35. The number of aromatic nitrogens is 1. The summed E-state index contributed by atoms with van der Waals surface area (Å²) in [6, 6.07) is 3.94. The molecule has 3 rings (SSSR count). The van der Waals surface area contributed by atoms with Crippen molar-refractivity contribution in [2.45, 2.75) is 32.2 Å². The standard InChI is InChI=1S/C19H30N4O2/c1-20-19(23-13-16-5-3-4-6-17(16)14-23)22-12-15-7-8-18(21-11-15)25-10-9-24-2/h7-8,11,16-17H,3-6,9-10,12-14H2,1-2H3,(H,20,22).